The van der Waals surface area contributed by atoms with E-state index < -0.39 is 0 Å². The predicted octanol–water partition coefficient (Wildman–Crippen LogP) is 5.17. The lowest BCUT2D eigenvalue weighted by Crippen LogP contribution is -2.44. The molecule has 2 saturated carbocycles. The first-order chi connectivity index (χ1) is 15.1. The molecule has 4 heteroatoms. The van der Waals surface area contributed by atoms with E-state index in [9.17, 15) is 4.79 Å². The van der Waals surface area contributed by atoms with Gasteiger partial charge in [-0.2, -0.15) is 5.10 Å². The number of hydrogen-bond donors (Lipinski definition) is 1. The van der Waals surface area contributed by atoms with Crippen molar-refractivity contribution in [3.8, 4) is 0 Å². The number of hydrogen-bond acceptors (Lipinski definition) is 2. The van der Waals surface area contributed by atoms with Gasteiger partial charge in [0.1, 0.15) is 0 Å². The zero-order valence-electron chi connectivity index (χ0n) is 18.9. The Balaban J connectivity index is 1.28. The van der Waals surface area contributed by atoms with Crippen molar-refractivity contribution >= 4 is 5.91 Å². The number of aromatic nitrogens is 2. The number of fused-ring (bicyclic) bond motifs is 7. The van der Waals surface area contributed by atoms with Crippen LogP contribution in [0.2, 0.25) is 0 Å². The Bertz CT molecular complexity index is 992. The smallest absolute Gasteiger partial charge is 0.222 e. The van der Waals surface area contributed by atoms with Crippen LogP contribution in [0.4, 0.5) is 0 Å². The summed E-state index contributed by atoms with van der Waals surface area (Å²) in [7, 11) is 2.00. The van der Waals surface area contributed by atoms with Gasteiger partial charge in [0.05, 0.1) is 5.69 Å². The van der Waals surface area contributed by atoms with E-state index in [1.165, 1.54) is 49.8 Å². The molecule has 0 saturated heterocycles. The van der Waals surface area contributed by atoms with E-state index in [-0.39, 0.29) is 5.41 Å². The minimum Gasteiger partial charge on any atom is -0.345 e. The SMILES string of the molecule is CN(CC1CC1)C(=O)CC[C@@H]1c2c[nH]nc2[C@@]2(C)CCC3c4ccccc4CCC3C12. The summed E-state index contributed by atoms with van der Waals surface area (Å²) in [4.78, 5) is 14.9. The van der Waals surface area contributed by atoms with Crippen molar-refractivity contribution in [2.75, 3.05) is 13.6 Å². The Morgan fingerprint density at radius 2 is 2.03 bits per heavy atom. The molecule has 4 nitrogen and oxygen atoms in total. The molecular formula is C27H35N3O. The van der Waals surface area contributed by atoms with Gasteiger partial charge in [0.2, 0.25) is 5.91 Å². The van der Waals surface area contributed by atoms with Crippen LogP contribution in [-0.2, 0) is 16.6 Å². The molecule has 6 rings (SSSR count). The molecule has 4 aliphatic rings. The van der Waals surface area contributed by atoms with Gasteiger partial charge in [0, 0.05) is 31.6 Å². The van der Waals surface area contributed by atoms with E-state index in [1.54, 1.807) is 11.1 Å². The lowest BCUT2D eigenvalue weighted by atomic mass is 9.53. The first kappa shape index (κ1) is 19.6. The van der Waals surface area contributed by atoms with E-state index in [1.807, 2.05) is 11.9 Å². The third-order valence-electron chi connectivity index (χ3n) is 9.26. The number of benzene rings is 1. The Morgan fingerprint density at radius 1 is 1.19 bits per heavy atom. The molecule has 4 aliphatic carbocycles. The van der Waals surface area contributed by atoms with E-state index in [4.69, 9.17) is 5.10 Å². The van der Waals surface area contributed by atoms with Gasteiger partial charge < -0.3 is 4.90 Å². The van der Waals surface area contributed by atoms with Gasteiger partial charge >= 0.3 is 0 Å². The standard InChI is InChI=1S/C27H35N3O/c1-27-14-13-20-19-6-4-3-5-18(19)9-10-21(20)25(27)22(23-15-28-29-26(23)27)11-12-24(31)30(2)16-17-7-8-17/h3-6,15,17,20-22,25H,7-14,16H2,1-2H3,(H,28,29)/t20?,21?,22-,25?,27+/m1/s1. The molecule has 1 aromatic carbocycles. The fourth-order valence-corrected chi connectivity index (χ4v) is 7.62. The van der Waals surface area contributed by atoms with Crippen LogP contribution in [0.15, 0.2) is 30.5 Å². The minimum absolute atomic E-state index is 0.149. The molecular weight excluding hydrogens is 382 g/mol. The fourth-order valence-electron chi connectivity index (χ4n) is 7.62. The number of aryl methyl sites for hydroxylation is 1. The number of nitrogens with one attached hydrogen (secondary N) is 1. The average molecular weight is 418 g/mol. The van der Waals surface area contributed by atoms with Gasteiger partial charge in [-0.15, -0.1) is 0 Å². The number of nitrogens with zero attached hydrogens (tertiary/aromatic N) is 2. The van der Waals surface area contributed by atoms with Crippen molar-refractivity contribution in [1.29, 1.82) is 0 Å². The number of amides is 1. The summed E-state index contributed by atoms with van der Waals surface area (Å²) >= 11 is 0. The Morgan fingerprint density at radius 3 is 2.87 bits per heavy atom. The highest BCUT2D eigenvalue weighted by molar-refractivity contribution is 5.76. The summed E-state index contributed by atoms with van der Waals surface area (Å²) in [5, 5.41) is 7.95. The molecule has 1 heterocycles. The Labute approximate surface area is 185 Å². The van der Waals surface area contributed by atoms with Crippen molar-refractivity contribution in [3.63, 3.8) is 0 Å². The third kappa shape index (κ3) is 3.08. The van der Waals surface area contributed by atoms with Crippen LogP contribution < -0.4 is 0 Å². The van der Waals surface area contributed by atoms with Crippen LogP contribution in [0.3, 0.4) is 0 Å². The molecule has 0 spiro atoms. The summed E-state index contributed by atoms with van der Waals surface area (Å²) in [6, 6.07) is 9.14. The molecule has 2 fully saturated rings. The van der Waals surface area contributed by atoms with Crippen LogP contribution in [0.5, 0.6) is 0 Å². The molecule has 5 atom stereocenters. The highest BCUT2D eigenvalue weighted by Crippen LogP contribution is 2.64. The number of aromatic amines is 1. The quantitative estimate of drug-likeness (QED) is 0.730. The normalized spacial score (nSPS) is 33.2. The van der Waals surface area contributed by atoms with Crippen LogP contribution in [0.25, 0.3) is 0 Å². The maximum Gasteiger partial charge on any atom is 0.222 e. The second-order valence-electron chi connectivity index (χ2n) is 11.0. The summed E-state index contributed by atoms with van der Waals surface area (Å²) in [6.45, 7) is 3.41. The predicted molar refractivity (Wildman–Crippen MR) is 122 cm³/mol. The number of rotatable bonds is 5. The molecule has 1 amide bonds. The summed E-state index contributed by atoms with van der Waals surface area (Å²) in [6.07, 6.45) is 11.3. The molecule has 1 aromatic heterocycles. The number of carbonyl (C=O) groups is 1. The topological polar surface area (TPSA) is 49.0 Å². The van der Waals surface area contributed by atoms with Crippen molar-refractivity contribution in [1.82, 2.24) is 15.1 Å². The van der Waals surface area contributed by atoms with Crippen molar-refractivity contribution in [3.05, 3.63) is 52.8 Å². The van der Waals surface area contributed by atoms with Crippen LogP contribution in [-0.4, -0.2) is 34.6 Å². The average Bonchev–Trinajstić information content (AvgIpc) is 3.38. The maximum absolute atomic E-state index is 12.9. The number of H-pyrrole nitrogens is 1. The van der Waals surface area contributed by atoms with Gasteiger partial charge in [0.15, 0.2) is 0 Å². The highest BCUT2D eigenvalue weighted by Gasteiger charge is 2.58. The Kier molecular flexibility index (Phi) is 4.56. The molecule has 3 unspecified atom stereocenters. The highest BCUT2D eigenvalue weighted by atomic mass is 16.2. The molecule has 164 valence electrons. The third-order valence-corrected chi connectivity index (χ3v) is 9.26. The number of carbonyl (C=O) groups excluding carboxylic acids is 1. The molecule has 0 radical (unpaired) electrons. The zero-order chi connectivity index (χ0) is 21.2. The lowest BCUT2D eigenvalue weighted by Gasteiger charge is -2.50. The summed E-state index contributed by atoms with van der Waals surface area (Å²) in [5.41, 5.74) is 6.03. The van der Waals surface area contributed by atoms with Gasteiger partial charge in [-0.3, -0.25) is 9.89 Å². The van der Waals surface area contributed by atoms with E-state index >= 15 is 0 Å². The van der Waals surface area contributed by atoms with Crippen LogP contribution in [0.1, 0.15) is 86.1 Å². The monoisotopic (exact) mass is 417 g/mol. The van der Waals surface area contributed by atoms with Gasteiger partial charge in [-0.05, 0) is 91.2 Å². The zero-order valence-corrected chi connectivity index (χ0v) is 18.9. The maximum atomic E-state index is 12.9. The molecule has 0 aliphatic heterocycles. The summed E-state index contributed by atoms with van der Waals surface area (Å²) < 4.78 is 0. The molecule has 2 aromatic rings. The van der Waals surface area contributed by atoms with E-state index in [2.05, 4.69) is 42.5 Å². The first-order valence-electron chi connectivity index (χ1n) is 12.4. The van der Waals surface area contributed by atoms with Crippen molar-refractivity contribution < 1.29 is 4.79 Å². The molecule has 1 N–H and O–H groups in total. The van der Waals surface area contributed by atoms with Gasteiger partial charge in [-0.1, -0.05) is 31.2 Å². The lowest BCUT2D eigenvalue weighted by molar-refractivity contribution is -0.130. The second kappa shape index (κ2) is 7.21. The van der Waals surface area contributed by atoms with Gasteiger partial charge in [0.25, 0.3) is 0 Å². The fraction of sp³-hybridized carbons (Fsp3) is 0.630. The Hall–Kier alpha value is -2.10. The molecule has 0 bridgehead atoms. The van der Waals surface area contributed by atoms with Crippen molar-refractivity contribution in [2.45, 2.75) is 75.5 Å². The van der Waals surface area contributed by atoms with E-state index in [0.717, 1.165) is 18.9 Å². The van der Waals surface area contributed by atoms with Crippen LogP contribution in [0, 0.1) is 17.8 Å². The van der Waals surface area contributed by atoms with E-state index in [0.29, 0.717) is 36.0 Å². The van der Waals surface area contributed by atoms with Crippen LogP contribution >= 0.6 is 0 Å². The van der Waals surface area contributed by atoms with Crippen molar-refractivity contribution in [2.24, 2.45) is 17.8 Å². The molecule has 31 heavy (non-hydrogen) atoms. The van der Waals surface area contributed by atoms with Gasteiger partial charge in [-0.25, -0.2) is 0 Å². The summed E-state index contributed by atoms with van der Waals surface area (Å²) in [5.74, 6) is 3.51. The second-order valence-corrected chi connectivity index (χ2v) is 11.0. The first-order valence-corrected chi connectivity index (χ1v) is 12.4. The largest absolute Gasteiger partial charge is 0.345 e. The minimum atomic E-state index is 0.149.